The predicted octanol–water partition coefficient (Wildman–Crippen LogP) is 2.78. The summed E-state index contributed by atoms with van der Waals surface area (Å²) in [5.41, 5.74) is 0. The fourth-order valence-electron chi connectivity index (χ4n) is 1.50. The van der Waals surface area contributed by atoms with E-state index in [9.17, 15) is 0 Å². The first-order valence-corrected chi connectivity index (χ1v) is 5.88. The lowest BCUT2D eigenvalue weighted by Crippen LogP contribution is -2.50. The zero-order chi connectivity index (χ0) is 11.0. The largest absolute Gasteiger partial charge is 0.385 e. The van der Waals surface area contributed by atoms with Crippen molar-refractivity contribution in [2.75, 3.05) is 26.8 Å². The van der Waals surface area contributed by atoms with Crippen LogP contribution in [0.3, 0.4) is 0 Å². The summed E-state index contributed by atoms with van der Waals surface area (Å²) in [6, 6.07) is 0.730. The van der Waals surface area contributed by atoms with E-state index in [1.54, 1.807) is 7.11 Å². The SMILES string of the molecule is CCC.COCCC1CN(C(C)C)C1. The molecule has 0 radical (unpaired) electrons. The summed E-state index contributed by atoms with van der Waals surface area (Å²) in [5.74, 6) is 0.900. The third-order valence-electron chi connectivity index (χ3n) is 2.45. The number of nitrogens with zero attached hydrogens (tertiary/aromatic N) is 1. The van der Waals surface area contributed by atoms with E-state index in [1.807, 2.05) is 0 Å². The van der Waals surface area contributed by atoms with Crippen LogP contribution in [0.15, 0.2) is 0 Å². The van der Waals surface area contributed by atoms with Crippen LogP contribution in [-0.2, 0) is 4.74 Å². The molecule has 0 aromatic carbocycles. The highest BCUT2D eigenvalue weighted by atomic mass is 16.5. The monoisotopic (exact) mass is 201 g/mol. The average molecular weight is 201 g/mol. The molecule has 14 heavy (non-hydrogen) atoms. The van der Waals surface area contributed by atoms with E-state index < -0.39 is 0 Å². The van der Waals surface area contributed by atoms with Gasteiger partial charge in [0.25, 0.3) is 0 Å². The zero-order valence-electron chi connectivity index (χ0n) is 10.5. The molecule has 86 valence electrons. The van der Waals surface area contributed by atoms with Crippen molar-refractivity contribution in [1.82, 2.24) is 4.90 Å². The molecule has 0 aromatic heterocycles. The van der Waals surface area contributed by atoms with Gasteiger partial charge in [0.15, 0.2) is 0 Å². The van der Waals surface area contributed by atoms with Crippen LogP contribution in [-0.4, -0.2) is 37.7 Å². The first-order valence-electron chi connectivity index (χ1n) is 5.88. The van der Waals surface area contributed by atoms with Crippen LogP contribution in [0.5, 0.6) is 0 Å². The lowest BCUT2D eigenvalue weighted by molar-refractivity contribution is 0.0450. The summed E-state index contributed by atoms with van der Waals surface area (Å²) in [5, 5.41) is 0. The van der Waals surface area contributed by atoms with Crippen LogP contribution in [0.4, 0.5) is 0 Å². The van der Waals surface area contributed by atoms with Crippen molar-refractivity contribution in [2.45, 2.75) is 46.6 Å². The second-order valence-electron chi connectivity index (χ2n) is 4.40. The molecule has 0 saturated carbocycles. The molecule has 1 heterocycles. The van der Waals surface area contributed by atoms with Gasteiger partial charge >= 0.3 is 0 Å². The van der Waals surface area contributed by atoms with Crippen molar-refractivity contribution in [3.63, 3.8) is 0 Å². The summed E-state index contributed by atoms with van der Waals surface area (Å²) in [4.78, 5) is 2.50. The number of rotatable bonds is 4. The van der Waals surface area contributed by atoms with E-state index in [-0.39, 0.29) is 0 Å². The topological polar surface area (TPSA) is 12.5 Å². The van der Waals surface area contributed by atoms with Crippen molar-refractivity contribution < 1.29 is 4.74 Å². The van der Waals surface area contributed by atoms with E-state index in [0.717, 1.165) is 18.6 Å². The minimum Gasteiger partial charge on any atom is -0.385 e. The summed E-state index contributed by atoms with van der Waals surface area (Å²) in [6.07, 6.45) is 2.49. The highest BCUT2D eigenvalue weighted by Gasteiger charge is 2.27. The molecular formula is C12H27NO. The van der Waals surface area contributed by atoms with Crippen LogP contribution in [0.2, 0.25) is 0 Å². The number of likely N-dealkylation sites (tertiary alicyclic amines) is 1. The smallest absolute Gasteiger partial charge is 0.0465 e. The minimum absolute atomic E-state index is 0.730. The molecule has 0 aromatic rings. The minimum atomic E-state index is 0.730. The molecule has 0 bridgehead atoms. The van der Waals surface area contributed by atoms with Crippen LogP contribution in [0.25, 0.3) is 0 Å². The normalized spacial score (nSPS) is 17.6. The third kappa shape index (κ3) is 5.61. The van der Waals surface area contributed by atoms with Crippen molar-refractivity contribution in [2.24, 2.45) is 5.92 Å². The molecule has 1 fully saturated rings. The van der Waals surface area contributed by atoms with E-state index in [4.69, 9.17) is 4.74 Å². The predicted molar refractivity (Wildman–Crippen MR) is 62.7 cm³/mol. The van der Waals surface area contributed by atoms with Gasteiger partial charge < -0.3 is 9.64 Å². The highest BCUT2D eigenvalue weighted by molar-refractivity contribution is 4.81. The molecule has 0 unspecified atom stereocenters. The van der Waals surface area contributed by atoms with Crippen molar-refractivity contribution >= 4 is 0 Å². The van der Waals surface area contributed by atoms with Gasteiger partial charge in [-0.1, -0.05) is 20.3 Å². The molecule has 0 spiro atoms. The molecule has 0 N–H and O–H groups in total. The van der Waals surface area contributed by atoms with Gasteiger partial charge in [0.2, 0.25) is 0 Å². The Morgan fingerprint density at radius 2 is 1.79 bits per heavy atom. The standard InChI is InChI=1S/C9H19NO.C3H8/c1-8(2)10-6-9(7-10)4-5-11-3;1-3-2/h8-9H,4-7H2,1-3H3;3H2,1-2H3. The third-order valence-corrected chi connectivity index (χ3v) is 2.45. The van der Waals surface area contributed by atoms with E-state index in [2.05, 4.69) is 32.6 Å². The second-order valence-corrected chi connectivity index (χ2v) is 4.40. The van der Waals surface area contributed by atoms with E-state index >= 15 is 0 Å². The molecule has 2 nitrogen and oxygen atoms in total. The molecular weight excluding hydrogens is 174 g/mol. The maximum atomic E-state index is 5.03. The Bertz CT molecular complexity index is 119. The highest BCUT2D eigenvalue weighted by Crippen LogP contribution is 2.20. The average Bonchev–Trinajstić information content (AvgIpc) is 2.02. The molecule has 1 rings (SSSR count). The van der Waals surface area contributed by atoms with Crippen LogP contribution < -0.4 is 0 Å². The fourth-order valence-corrected chi connectivity index (χ4v) is 1.50. The van der Waals surface area contributed by atoms with E-state index in [1.165, 1.54) is 25.9 Å². The molecule has 1 saturated heterocycles. The lowest BCUT2D eigenvalue weighted by Gasteiger charge is -2.42. The second kappa shape index (κ2) is 8.25. The first kappa shape index (κ1) is 13.9. The van der Waals surface area contributed by atoms with Gasteiger partial charge in [-0.15, -0.1) is 0 Å². The Labute approximate surface area is 89.6 Å². The van der Waals surface area contributed by atoms with Crippen LogP contribution in [0.1, 0.15) is 40.5 Å². The molecule has 0 aliphatic carbocycles. The molecule has 1 aliphatic heterocycles. The number of ether oxygens (including phenoxy) is 1. The van der Waals surface area contributed by atoms with Crippen LogP contribution in [0, 0.1) is 5.92 Å². The molecule has 0 amide bonds. The molecule has 1 aliphatic rings. The maximum absolute atomic E-state index is 5.03. The van der Waals surface area contributed by atoms with Crippen molar-refractivity contribution in [3.05, 3.63) is 0 Å². The number of methoxy groups -OCH3 is 1. The number of hydrogen-bond acceptors (Lipinski definition) is 2. The fraction of sp³-hybridized carbons (Fsp3) is 1.00. The van der Waals surface area contributed by atoms with Gasteiger partial charge in [0.1, 0.15) is 0 Å². The quantitative estimate of drug-likeness (QED) is 0.693. The Hall–Kier alpha value is -0.0800. The van der Waals surface area contributed by atoms with Crippen molar-refractivity contribution in [3.8, 4) is 0 Å². The van der Waals surface area contributed by atoms with Crippen LogP contribution >= 0.6 is 0 Å². The Balaban J connectivity index is 0.000000500. The number of hydrogen-bond donors (Lipinski definition) is 0. The van der Waals surface area contributed by atoms with Gasteiger partial charge in [0.05, 0.1) is 0 Å². The lowest BCUT2D eigenvalue weighted by atomic mass is 9.95. The zero-order valence-corrected chi connectivity index (χ0v) is 10.5. The van der Waals surface area contributed by atoms with Gasteiger partial charge in [-0.2, -0.15) is 0 Å². The van der Waals surface area contributed by atoms with E-state index in [0.29, 0.717) is 0 Å². The van der Waals surface area contributed by atoms with Gasteiger partial charge in [0, 0.05) is 32.8 Å². The Kier molecular flexibility index (Phi) is 8.20. The first-order chi connectivity index (χ1) is 6.65. The van der Waals surface area contributed by atoms with Gasteiger partial charge in [-0.05, 0) is 26.2 Å². The van der Waals surface area contributed by atoms with Gasteiger partial charge in [-0.25, -0.2) is 0 Å². The summed E-state index contributed by atoms with van der Waals surface area (Å²) in [7, 11) is 1.78. The Morgan fingerprint density at radius 1 is 1.29 bits per heavy atom. The maximum Gasteiger partial charge on any atom is 0.0465 e. The van der Waals surface area contributed by atoms with Gasteiger partial charge in [-0.3, -0.25) is 0 Å². The summed E-state index contributed by atoms with van der Waals surface area (Å²) >= 11 is 0. The van der Waals surface area contributed by atoms with Crippen molar-refractivity contribution in [1.29, 1.82) is 0 Å². The molecule has 0 atom stereocenters. The molecule has 2 heteroatoms. The summed E-state index contributed by atoms with van der Waals surface area (Å²) < 4.78 is 5.03. The Morgan fingerprint density at radius 3 is 2.14 bits per heavy atom. The summed E-state index contributed by atoms with van der Waals surface area (Å²) in [6.45, 7) is 12.2.